The highest BCUT2D eigenvalue weighted by atomic mass is 16.5. The van der Waals surface area contributed by atoms with Crippen LogP contribution in [0.25, 0.3) is 0 Å². The monoisotopic (exact) mass is 221 g/mol. The zero-order valence-electron chi connectivity index (χ0n) is 9.06. The number of rotatable bonds is 1. The third-order valence-corrected chi connectivity index (χ3v) is 3.60. The zero-order valence-corrected chi connectivity index (χ0v) is 9.06. The maximum atomic E-state index is 12.0. The third kappa shape index (κ3) is 1.61. The summed E-state index contributed by atoms with van der Waals surface area (Å²) in [6.45, 7) is 2.75. The molecule has 2 saturated heterocycles. The molecule has 16 heavy (non-hydrogen) atoms. The fourth-order valence-corrected chi connectivity index (χ4v) is 2.72. The van der Waals surface area contributed by atoms with E-state index in [9.17, 15) is 4.79 Å². The van der Waals surface area contributed by atoms with E-state index in [4.69, 9.17) is 4.52 Å². The van der Waals surface area contributed by atoms with E-state index in [-0.39, 0.29) is 5.91 Å². The number of nitrogens with zero attached hydrogens (tertiary/aromatic N) is 2. The van der Waals surface area contributed by atoms with Crippen molar-refractivity contribution in [3.05, 3.63) is 18.0 Å². The molecule has 1 amide bonds. The first-order chi connectivity index (χ1) is 7.84. The number of carbonyl (C=O) groups is 1. The van der Waals surface area contributed by atoms with Crippen LogP contribution in [0.4, 0.5) is 0 Å². The number of hydrogen-bond donors (Lipinski definition) is 1. The lowest BCUT2D eigenvalue weighted by molar-refractivity contribution is 0.0651. The number of aromatic nitrogens is 1. The Morgan fingerprint density at radius 2 is 2.50 bits per heavy atom. The maximum absolute atomic E-state index is 12.0. The minimum atomic E-state index is -0.000833. The Morgan fingerprint density at radius 1 is 1.56 bits per heavy atom. The molecule has 2 fully saturated rings. The topological polar surface area (TPSA) is 58.4 Å². The largest absolute Gasteiger partial charge is 0.364 e. The molecular formula is C11H15N3O2. The molecule has 86 valence electrons. The van der Waals surface area contributed by atoms with Crippen molar-refractivity contribution in [3.63, 3.8) is 0 Å². The summed E-state index contributed by atoms with van der Waals surface area (Å²) in [5.74, 6) is 0.615. The molecular weight excluding hydrogens is 206 g/mol. The Kier molecular flexibility index (Phi) is 2.40. The molecule has 1 N–H and O–H groups in total. The van der Waals surface area contributed by atoms with Gasteiger partial charge in [-0.1, -0.05) is 5.16 Å². The first-order valence-electron chi connectivity index (χ1n) is 5.77. The van der Waals surface area contributed by atoms with Gasteiger partial charge in [-0.05, 0) is 25.3 Å². The van der Waals surface area contributed by atoms with Crippen LogP contribution >= 0.6 is 0 Å². The number of fused-ring (bicyclic) bond motifs is 1. The third-order valence-electron chi connectivity index (χ3n) is 3.60. The van der Waals surface area contributed by atoms with Crippen molar-refractivity contribution in [2.45, 2.75) is 18.9 Å². The second kappa shape index (κ2) is 3.90. The Bertz CT molecular complexity index is 377. The van der Waals surface area contributed by atoms with E-state index >= 15 is 0 Å². The quantitative estimate of drug-likeness (QED) is 0.750. The molecule has 1 aromatic rings. The lowest BCUT2D eigenvalue weighted by Crippen LogP contribution is -2.46. The average Bonchev–Trinajstić information content (AvgIpc) is 2.98. The minimum Gasteiger partial charge on any atom is -0.364 e. The standard InChI is InChI=1S/C11H15N3O2/c15-11(10-3-6-16-13-10)14-5-2-9-8(7-14)1-4-12-9/h3,6,8-9,12H,1-2,4-5,7H2. The molecule has 0 bridgehead atoms. The van der Waals surface area contributed by atoms with Gasteiger partial charge in [0.25, 0.3) is 5.91 Å². The van der Waals surface area contributed by atoms with Crippen molar-refractivity contribution in [2.24, 2.45) is 5.92 Å². The summed E-state index contributed by atoms with van der Waals surface area (Å²) in [4.78, 5) is 13.9. The van der Waals surface area contributed by atoms with Crippen LogP contribution in [-0.4, -0.2) is 41.6 Å². The molecule has 2 atom stereocenters. The Balaban J connectivity index is 1.70. The van der Waals surface area contributed by atoms with Crippen LogP contribution in [0.5, 0.6) is 0 Å². The lowest BCUT2D eigenvalue weighted by atomic mass is 9.93. The highest BCUT2D eigenvalue weighted by molar-refractivity contribution is 5.92. The lowest BCUT2D eigenvalue weighted by Gasteiger charge is -2.34. The fourth-order valence-electron chi connectivity index (χ4n) is 2.72. The van der Waals surface area contributed by atoms with Crippen molar-refractivity contribution < 1.29 is 9.32 Å². The fraction of sp³-hybridized carbons (Fsp3) is 0.636. The molecule has 0 saturated carbocycles. The molecule has 0 aromatic carbocycles. The number of likely N-dealkylation sites (tertiary alicyclic amines) is 1. The molecule has 3 rings (SSSR count). The number of carbonyl (C=O) groups excluding carboxylic acids is 1. The molecule has 2 aliphatic rings. The van der Waals surface area contributed by atoms with Crippen molar-refractivity contribution >= 4 is 5.91 Å². The summed E-state index contributed by atoms with van der Waals surface area (Å²) in [6, 6.07) is 2.24. The SMILES string of the molecule is O=C(c1ccon1)N1CCC2NCCC2C1. The van der Waals surface area contributed by atoms with E-state index in [2.05, 4.69) is 10.5 Å². The van der Waals surface area contributed by atoms with Crippen LogP contribution in [0, 0.1) is 5.92 Å². The zero-order chi connectivity index (χ0) is 11.0. The number of amides is 1. The van der Waals surface area contributed by atoms with E-state index in [1.54, 1.807) is 6.07 Å². The van der Waals surface area contributed by atoms with E-state index in [0.29, 0.717) is 17.7 Å². The summed E-state index contributed by atoms with van der Waals surface area (Å²) in [5, 5.41) is 7.18. The summed E-state index contributed by atoms with van der Waals surface area (Å²) in [7, 11) is 0. The van der Waals surface area contributed by atoms with Gasteiger partial charge >= 0.3 is 0 Å². The Hall–Kier alpha value is -1.36. The van der Waals surface area contributed by atoms with Gasteiger partial charge in [0, 0.05) is 25.2 Å². The van der Waals surface area contributed by atoms with E-state index in [1.165, 1.54) is 12.7 Å². The summed E-state index contributed by atoms with van der Waals surface area (Å²) in [6.07, 6.45) is 3.67. The molecule has 0 aliphatic carbocycles. The number of nitrogens with one attached hydrogen (secondary N) is 1. The van der Waals surface area contributed by atoms with Crippen molar-refractivity contribution in [1.82, 2.24) is 15.4 Å². The first-order valence-corrected chi connectivity index (χ1v) is 5.77. The predicted octanol–water partition coefficient (Wildman–Crippen LogP) is 0.499. The van der Waals surface area contributed by atoms with Gasteiger partial charge in [0.15, 0.2) is 5.69 Å². The molecule has 5 heteroatoms. The second-order valence-electron chi connectivity index (χ2n) is 4.53. The van der Waals surface area contributed by atoms with Crippen LogP contribution in [0.15, 0.2) is 16.9 Å². The molecule has 2 unspecified atom stereocenters. The summed E-state index contributed by atoms with van der Waals surface area (Å²) >= 11 is 0. The smallest absolute Gasteiger partial charge is 0.276 e. The normalized spacial score (nSPS) is 29.1. The Labute approximate surface area is 93.8 Å². The molecule has 0 radical (unpaired) electrons. The molecule has 0 spiro atoms. The van der Waals surface area contributed by atoms with Gasteiger partial charge in [-0.3, -0.25) is 4.79 Å². The predicted molar refractivity (Wildman–Crippen MR) is 56.9 cm³/mol. The van der Waals surface area contributed by atoms with Gasteiger partial charge in [0.05, 0.1) is 0 Å². The van der Waals surface area contributed by atoms with E-state index in [1.807, 2.05) is 4.90 Å². The van der Waals surface area contributed by atoms with Crippen LogP contribution in [0.1, 0.15) is 23.3 Å². The van der Waals surface area contributed by atoms with Gasteiger partial charge in [-0.25, -0.2) is 0 Å². The molecule has 3 heterocycles. The summed E-state index contributed by atoms with van der Waals surface area (Å²) < 4.78 is 4.70. The maximum Gasteiger partial charge on any atom is 0.276 e. The van der Waals surface area contributed by atoms with Crippen molar-refractivity contribution in [1.29, 1.82) is 0 Å². The van der Waals surface area contributed by atoms with Gasteiger partial charge in [-0.2, -0.15) is 0 Å². The van der Waals surface area contributed by atoms with E-state index in [0.717, 1.165) is 26.1 Å². The van der Waals surface area contributed by atoms with Gasteiger partial charge in [0.2, 0.25) is 0 Å². The first kappa shape index (κ1) is 9.84. The van der Waals surface area contributed by atoms with Crippen LogP contribution in [-0.2, 0) is 0 Å². The van der Waals surface area contributed by atoms with Crippen molar-refractivity contribution in [2.75, 3.05) is 19.6 Å². The van der Waals surface area contributed by atoms with Gasteiger partial charge in [0.1, 0.15) is 6.26 Å². The van der Waals surface area contributed by atoms with Crippen molar-refractivity contribution in [3.8, 4) is 0 Å². The molecule has 1 aromatic heterocycles. The van der Waals surface area contributed by atoms with Gasteiger partial charge in [-0.15, -0.1) is 0 Å². The van der Waals surface area contributed by atoms with Crippen LogP contribution in [0.3, 0.4) is 0 Å². The van der Waals surface area contributed by atoms with E-state index < -0.39 is 0 Å². The number of hydrogen-bond acceptors (Lipinski definition) is 4. The van der Waals surface area contributed by atoms with Crippen LogP contribution < -0.4 is 5.32 Å². The van der Waals surface area contributed by atoms with Gasteiger partial charge < -0.3 is 14.7 Å². The number of piperidine rings is 1. The van der Waals surface area contributed by atoms with Crippen LogP contribution in [0.2, 0.25) is 0 Å². The second-order valence-corrected chi connectivity index (χ2v) is 4.53. The molecule has 5 nitrogen and oxygen atoms in total. The Morgan fingerprint density at radius 3 is 3.31 bits per heavy atom. The minimum absolute atomic E-state index is 0.000833. The summed E-state index contributed by atoms with van der Waals surface area (Å²) in [5.41, 5.74) is 0.421. The average molecular weight is 221 g/mol. The molecule has 2 aliphatic heterocycles. The highest BCUT2D eigenvalue weighted by Crippen LogP contribution is 2.25. The highest BCUT2D eigenvalue weighted by Gasteiger charge is 2.34.